The first-order chi connectivity index (χ1) is 7.13. The Morgan fingerprint density at radius 3 is 2.80 bits per heavy atom. The molecule has 1 aliphatic heterocycles. The molecule has 0 radical (unpaired) electrons. The fourth-order valence-electron chi connectivity index (χ4n) is 2.03. The molecule has 1 aromatic rings. The van der Waals surface area contributed by atoms with Gasteiger partial charge < -0.3 is 15.4 Å². The number of ether oxygens (including phenoxy) is 1. The Morgan fingerprint density at radius 2 is 2.20 bits per heavy atom. The summed E-state index contributed by atoms with van der Waals surface area (Å²) in [6, 6.07) is 5.88. The standard InChI is InChI=1S/C12H18N2O/c1-9-5-10(13)7-12(6-9)15-11-3-4-14(2)8-11/h5-7,11H,3-4,8,13H2,1-2H3/t11-/m1/s1. The smallest absolute Gasteiger partial charge is 0.122 e. The van der Waals surface area contributed by atoms with Crippen LogP contribution in [-0.2, 0) is 0 Å². The van der Waals surface area contributed by atoms with Gasteiger partial charge in [0.25, 0.3) is 0 Å². The molecule has 0 unspecified atom stereocenters. The van der Waals surface area contributed by atoms with Gasteiger partial charge in [0.05, 0.1) is 0 Å². The Bertz CT molecular complexity index is 331. The predicted molar refractivity (Wildman–Crippen MR) is 62.1 cm³/mol. The molecule has 3 nitrogen and oxygen atoms in total. The summed E-state index contributed by atoms with van der Waals surface area (Å²) in [5.41, 5.74) is 7.69. The topological polar surface area (TPSA) is 38.5 Å². The van der Waals surface area contributed by atoms with Crippen LogP contribution in [0.5, 0.6) is 5.75 Å². The van der Waals surface area contributed by atoms with E-state index in [0.717, 1.165) is 36.5 Å². The highest BCUT2D eigenvalue weighted by molar-refractivity contribution is 5.47. The highest BCUT2D eigenvalue weighted by Gasteiger charge is 2.20. The molecule has 0 saturated carbocycles. The molecule has 2 N–H and O–H groups in total. The highest BCUT2D eigenvalue weighted by Crippen LogP contribution is 2.21. The van der Waals surface area contributed by atoms with Gasteiger partial charge in [-0.25, -0.2) is 0 Å². The largest absolute Gasteiger partial charge is 0.489 e. The molecule has 1 aromatic carbocycles. The van der Waals surface area contributed by atoms with Crippen LogP contribution in [-0.4, -0.2) is 31.1 Å². The minimum atomic E-state index is 0.316. The molecule has 0 bridgehead atoms. The van der Waals surface area contributed by atoms with Crippen molar-refractivity contribution in [2.75, 3.05) is 25.9 Å². The zero-order valence-electron chi connectivity index (χ0n) is 9.36. The van der Waals surface area contributed by atoms with Crippen LogP contribution in [0.1, 0.15) is 12.0 Å². The number of nitrogens with two attached hydrogens (primary N) is 1. The number of benzene rings is 1. The van der Waals surface area contributed by atoms with Gasteiger partial charge in [0.2, 0.25) is 0 Å². The second kappa shape index (κ2) is 4.11. The summed E-state index contributed by atoms with van der Waals surface area (Å²) >= 11 is 0. The molecular weight excluding hydrogens is 188 g/mol. The normalized spacial score (nSPS) is 21.9. The van der Waals surface area contributed by atoms with Crippen molar-refractivity contribution in [2.24, 2.45) is 0 Å². The summed E-state index contributed by atoms with van der Waals surface area (Å²) in [6.07, 6.45) is 1.42. The molecule has 15 heavy (non-hydrogen) atoms. The van der Waals surface area contributed by atoms with Crippen LogP contribution in [0.4, 0.5) is 5.69 Å². The molecular formula is C12H18N2O. The van der Waals surface area contributed by atoms with Gasteiger partial charge in [-0.1, -0.05) is 0 Å². The fraction of sp³-hybridized carbons (Fsp3) is 0.500. The van der Waals surface area contributed by atoms with Crippen molar-refractivity contribution in [1.29, 1.82) is 0 Å². The van der Waals surface area contributed by atoms with Gasteiger partial charge in [-0.05, 0) is 38.1 Å². The average Bonchev–Trinajstić information content (AvgIpc) is 2.49. The molecule has 2 rings (SSSR count). The van der Waals surface area contributed by atoms with E-state index < -0.39 is 0 Å². The van der Waals surface area contributed by atoms with Crippen LogP contribution >= 0.6 is 0 Å². The van der Waals surface area contributed by atoms with Crippen LogP contribution < -0.4 is 10.5 Å². The molecule has 1 fully saturated rings. The van der Waals surface area contributed by atoms with Crippen molar-refractivity contribution in [3.05, 3.63) is 23.8 Å². The number of nitrogen functional groups attached to an aromatic ring is 1. The third kappa shape index (κ3) is 2.63. The number of hydrogen-bond donors (Lipinski definition) is 1. The number of nitrogens with zero attached hydrogens (tertiary/aromatic N) is 1. The van der Waals surface area contributed by atoms with Crippen molar-refractivity contribution in [1.82, 2.24) is 4.90 Å². The highest BCUT2D eigenvalue weighted by atomic mass is 16.5. The average molecular weight is 206 g/mol. The molecule has 3 heteroatoms. The number of likely N-dealkylation sites (tertiary alicyclic amines) is 1. The summed E-state index contributed by atoms with van der Waals surface area (Å²) in [7, 11) is 2.12. The third-order valence-electron chi connectivity index (χ3n) is 2.72. The molecule has 0 aliphatic carbocycles. The van der Waals surface area contributed by atoms with Gasteiger partial charge in [0.15, 0.2) is 0 Å². The number of hydrogen-bond acceptors (Lipinski definition) is 3. The van der Waals surface area contributed by atoms with E-state index in [1.807, 2.05) is 25.1 Å². The summed E-state index contributed by atoms with van der Waals surface area (Å²) in [5, 5.41) is 0. The molecule has 1 heterocycles. The van der Waals surface area contributed by atoms with E-state index in [0.29, 0.717) is 6.10 Å². The monoisotopic (exact) mass is 206 g/mol. The lowest BCUT2D eigenvalue weighted by Crippen LogP contribution is -2.21. The summed E-state index contributed by atoms with van der Waals surface area (Å²) < 4.78 is 5.89. The van der Waals surface area contributed by atoms with Crippen molar-refractivity contribution >= 4 is 5.69 Å². The van der Waals surface area contributed by atoms with Crippen LogP contribution in [0.2, 0.25) is 0 Å². The summed E-state index contributed by atoms with van der Waals surface area (Å²) in [6.45, 7) is 4.16. The van der Waals surface area contributed by atoms with E-state index in [-0.39, 0.29) is 0 Å². The van der Waals surface area contributed by atoms with E-state index in [4.69, 9.17) is 10.5 Å². The van der Waals surface area contributed by atoms with Crippen molar-refractivity contribution in [3.63, 3.8) is 0 Å². The number of aryl methyl sites for hydroxylation is 1. The molecule has 82 valence electrons. The Kier molecular flexibility index (Phi) is 2.82. The third-order valence-corrected chi connectivity index (χ3v) is 2.72. The quantitative estimate of drug-likeness (QED) is 0.748. The van der Waals surface area contributed by atoms with Crippen LogP contribution in [0.25, 0.3) is 0 Å². The van der Waals surface area contributed by atoms with E-state index in [1.165, 1.54) is 0 Å². The molecule has 1 saturated heterocycles. The first kappa shape index (κ1) is 10.3. The maximum absolute atomic E-state index is 5.89. The lowest BCUT2D eigenvalue weighted by atomic mass is 10.2. The minimum Gasteiger partial charge on any atom is -0.489 e. The molecule has 1 aliphatic rings. The predicted octanol–water partition coefficient (Wildman–Crippen LogP) is 1.66. The van der Waals surface area contributed by atoms with Crippen LogP contribution in [0.15, 0.2) is 18.2 Å². The lowest BCUT2D eigenvalue weighted by Gasteiger charge is -2.14. The Morgan fingerprint density at radius 1 is 1.40 bits per heavy atom. The number of rotatable bonds is 2. The first-order valence-electron chi connectivity index (χ1n) is 5.36. The van der Waals surface area contributed by atoms with Gasteiger partial charge >= 0.3 is 0 Å². The second-order valence-corrected chi connectivity index (χ2v) is 4.37. The lowest BCUT2D eigenvalue weighted by molar-refractivity contribution is 0.208. The van der Waals surface area contributed by atoms with Gasteiger partial charge in [-0.2, -0.15) is 0 Å². The Labute approximate surface area is 90.8 Å². The van der Waals surface area contributed by atoms with Gasteiger partial charge in [0.1, 0.15) is 11.9 Å². The Hall–Kier alpha value is -1.22. The first-order valence-corrected chi connectivity index (χ1v) is 5.36. The number of anilines is 1. The molecule has 1 atom stereocenters. The van der Waals surface area contributed by atoms with E-state index in [2.05, 4.69) is 11.9 Å². The fourth-order valence-corrected chi connectivity index (χ4v) is 2.03. The maximum atomic E-state index is 5.89. The Balaban J connectivity index is 2.04. The van der Waals surface area contributed by atoms with Gasteiger partial charge in [-0.15, -0.1) is 0 Å². The number of likely N-dealkylation sites (N-methyl/N-ethyl adjacent to an activating group) is 1. The molecule has 0 spiro atoms. The molecule has 0 aromatic heterocycles. The zero-order chi connectivity index (χ0) is 10.8. The maximum Gasteiger partial charge on any atom is 0.122 e. The summed E-state index contributed by atoms with van der Waals surface area (Å²) in [5.74, 6) is 0.896. The van der Waals surface area contributed by atoms with Crippen molar-refractivity contribution in [2.45, 2.75) is 19.4 Å². The zero-order valence-corrected chi connectivity index (χ0v) is 9.36. The van der Waals surface area contributed by atoms with Crippen LogP contribution in [0, 0.1) is 6.92 Å². The SMILES string of the molecule is Cc1cc(N)cc(O[C@@H]2CCN(C)C2)c1. The second-order valence-electron chi connectivity index (χ2n) is 4.37. The van der Waals surface area contributed by atoms with Crippen molar-refractivity contribution < 1.29 is 4.74 Å². The minimum absolute atomic E-state index is 0.316. The van der Waals surface area contributed by atoms with Crippen LogP contribution in [0.3, 0.4) is 0 Å². The van der Waals surface area contributed by atoms with Gasteiger partial charge in [-0.3, -0.25) is 0 Å². The van der Waals surface area contributed by atoms with E-state index >= 15 is 0 Å². The van der Waals surface area contributed by atoms with E-state index in [9.17, 15) is 0 Å². The summed E-state index contributed by atoms with van der Waals surface area (Å²) in [4.78, 5) is 2.28. The van der Waals surface area contributed by atoms with E-state index in [1.54, 1.807) is 0 Å². The van der Waals surface area contributed by atoms with Gasteiger partial charge in [0, 0.05) is 24.8 Å². The van der Waals surface area contributed by atoms with Crippen molar-refractivity contribution in [3.8, 4) is 5.75 Å². The molecule has 0 amide bonds.